The molecule has 39 heavy (non-hydrogen) atoms. The fraction of sp³-hybridized carbons (Fsp3) is 0.429. The molecule has 1 fully saturated rings. The lowest BCUT2D eigenvalue weighted by molar-refractivity contribution is -0.173. The predicted octanol–water partition coefficient (Wildman–Crippen LogP) is 4.49. The number of carbonyl (C=O) groups excluding carboxylic acids is 1. The number of aromatic nitrogens is 2. The van der Waals surface area contributed by atoms with Gasteiger partial charge in [-0.15, -0.1) is 0 Å². The molecule has 0 aliphatic carbocycles. The number of hydrogen-bond acceptors (Lipinski definition) is 6. The van der Waals surface area contributed by atoms with E-state index in [9.17, 15) is 18.0 Å². The highest BCUT2D eigenvalue weighted by atomic mass is 19.4. The van der Waals surface area contributed by atoms with Crippen molar-refractivity contribution in [2.24, 2.45) is 0 Å². The Kier molecular flexibility index (Phi) is 7.44. The van der Waals surface area contributed by atoms with Gasteiger partial charge < -0.3 is 24.6 Å². The van der Waals surface area contributed by atoms with E-state index in [2.05, 4.69) is 15.3 Å². The van der Waals surface area contributed by atoms with Crippen molar-refractivity contribution in [2.75, 3.05) is 52.8 Å². The van der Waals surface area contributed by atoms with Crippen LogP contribution in [0, 0.1) is 0 Å². The van der Waals surface area contributed by atoms with Crippen LogP contribution in [0.3, 0.4) is 0 Å². The van der Waals surface area contributed by atoms with Crippen LogP contribution in [0.25, 0.3) is 11.3 Å². The van der Waals surface area contributed by atoms with Gasteiger partial charge in [0.1, 0.15) is 5.82 Å². The quantitative estimate of drug-likeness (QED) is 0.494. The molecule has 3 aromatic rings. The van der Waals surface area contributed by atoms with Gasteiger partial charge >= 0.3 is 6.18 Å². The van der Waals surface area contributed by atoms with E-state index in [4.69, 9.17) is 9.47 Å². The molecule has 1 saturated heterocycles. The van der Waals surface area contributed by atoms with Crippen LogP contribution >= 0.6 is 0 Å². The molecule has 11 heteroatoms. The van der Waals surface area contributed by atoms with Crippen LogP contribution in [0.5, 0.6) is 11.5 Å². The summed E-state index contributed by atoms with van der Waals surface area (Å²) in [6.45, 7) is 2.98. The number of anilines is 1. The molecule has 1 unspecified atom stereocenters. The van der Waals surface area contributed by atoms with Gasteiger partial charge in [0.25, 0.3) is 5.91 Å². The average Bonchev–Trinajstić information content (AvgIpc) is 3.36. The van der Waals surface area contributed by atoms with E-state index in [1.807, 2.05) is 18.0 Å². The third kappa shape index (κ3) is 5.68. The Balaban J connectivity index is 1.36. The molecule has 0 radical (unpaired) electrons. The number of benzene rings is 2. The summed E-state index contributed by atoms with van der Waals surface area (Å²) in [5.74, 6) is 1.35. The van der Waals surface area contributed by atoms with Crippen molar-refractivity contribution >= 4 is 11.7 Å². The summed E-state index contributed by atoms with van der Waals surface area (Å²) in [7, 11) is 5.08. The first-order valence-corrected chi connectivity index (χ1v) is 12.9. The molecule has 1 N–H and O–H groups in total. The summed E-state index contributed by atoms with van der Waals surface area (Å²) < 4.78 is 54.0. The SMILES string of the molecule is COc1ccc(CC2C[C@H](C(F)(F)F)n3nc(-c4ccc(C(=O)N5CCN(C)CC5)cc4)cc3N2)cc1OC. The summed E-state index contributed by atoms with van der Waals surface area (Å²) in [5, 5.41) is 7.57. The molecule has 2 atom stereocenters. The Bertz CT molecular complexity index is 1320. The zero-order chi connectivity index (χ0) is 27.7. The number of amides is 1. The second kappa shape index (κ2) is 10.8. The number of piperazine rings is 1. The molecule has 8 nitrogen and oxygen atoms in total. The Morgan fingerprint density at radius 1 is 1.00 bits per heavy atom. The third-order valence-electron chi connectivity index (χ3n) is 7.42. The number of nitrogens with zero attached hydrogens (tertiary/aromatic N) is 4. The number of rotatable bonds is 6. The molecule has 1 amide bonds. The van der Waals surface area contributed by atoms with Crippen LogP contribution < -0.4 is 14.8 Å². The van der Waals surface area contributed by atoms with Gasteiger partial charge in [-0.1, -0.05) is 18.2 Å². The summed E-state index contributed by atoms with van der Waals surface area (Å²) in [6.07, 6.45) is -4.25. The highest BCUT2D eigenvalue weighted by molar-refractivity contribution is 5.94. The van der Waals surface area contributed by atoms with Crippen molar-refractivity contribution in [3.63, 3.8) is 0 Å². The minimum atomic E-state index is -4.46. The lowest BCUT2D eigenvalue weighted by Gasteiger charge is -2.33. The maximum Gasteiger partial charge on any atom is 0.410 e. The number of nitrogens with one attached hydrogen (secondary N) is 1. The second-order valence-electron chi connectivity index (χ2n) is 10.1. The summed E-state index contributed by atoms with van der Waals surface area (Å²) in [6, 6.07) is 11.7. The minimum absolute atomic E-state index is 0.0457. The monoisotopic (exact) mass is 543 g/mol. The van der Waals surface area contributed by atoms with Gasteiger partial charge in [0.2, 0.25) is 0 Å². The standard InChI is InChI=1S/C28H32F3N5O3/c1-34-10-12-35(13-11-34)27(37)20-7-5-19(6-8-20)22-17-26-32-21(16-25(28(29,30)31)36(26)33-22)14-18-4-9-23(38-2)24(15-18)39-3/h4-9,15,17,21,25,32H,10-14,16H2,1-3H3/t21?,25-/m1/s1. The van der Waals surface area contributed by atoms with Gasteiger partial charge in [-0.2, -0.15) is 18.3 Å². The highest BCUT2D eigenvalue weighted by Gasteiger charge is 2.46. The van der Waals surface area contributed by atoms with Crippen LogP contribution in [0.1, 0.15) is 28.4 Å². The number of halogens is 3. The van der Waals surface area contributed by atoms with Crippen molar-refractivity contribution in [1.29, 1.82) is 0 Å². The molecule has 208 valence electrons. The van der Waals surface area contributed by atoms with Gasteiger partial charge in [-0.05, 0) is 49.7 Å². The van der Waals surface area contributed by atoms with E-state index in [0.717, 1.165) is 23.3 Å². The number of alkyl halides is 3. The Labute approximate surface area is 225 Å². The molecule has 5 rings (SSSR count). The molecule has 2 aliphatic rings. The van der Waals surface area contributed by atoms with Gasteiger partial charge in [-0.25, -0.2) is 4.68 Å². The topological polar surface area (TPSA) is 71.9 Å². The van der Waals surface area contributed by atoms with Crippen molar-refractivity contribution in [3.8, 4) is 22.8 Å². The summed E-state index contributed by atoms with van der Waals surface area (Å²) in [4.78, 5) is 16.9. The van der Waals surface area contributed by atoms with Crippen molar-refractivity contribution in [3.05, 3.63) is 59.7 Å². The smallest absolute Gasteiger partial charge is 0.410 e. The maximum atomic E-state index is 14.1. The lowest BCUT2D eigenvalue weighted by atomic mass is 9.97. The number of hydrogen-bond donors (Lipinski definition) is 1. The molecular weight excluding hydrogens is 511 g/mol. The molecule has 3 heterocycles. The van der Waals surface area contributed by atoms with E-state index in [0.29, 0.717) is 53.6 Å². The first-order chi connectivity index (χ1) is 18.7. The van der Waals surface area contributed by atoms with Gasteiger partial charge in [0.15, 0.2) is 17.5 Å². The molecule has 0 saturated carbocycles. The third-order valence-corrected chi connectivity index (χ3v) is 7.42. The van der Waals surface area contributed by atoms with Crippen LogP contribution in [-0.4, -0.2) is 85.2 Å². The Hall–Kier alpha value is -3.73. The first kappa shape index (κ1) is 26.9. The zero-order valence-electron chi connectivity index (χ0n) is 22.2. The Morgan fingerprint density at radius 3 is 2.33 bits per heavy atom. The molecule has 1 aromatic heterocycles. The van der Waals surface area contributed by atoms with E-state index in [1.165, 1.54) is 14.2 Å². The molecule has 0 bridgehead atoms. The Morgan fingerprint density at radius 2 is 1.69 bits per heavy atom. The number of methoxy groups -OCH3 is 2. The first-order valence-electron chi connectivity index (χ1n) is 12.9. The maximum absolute atomic E-state index is 14.1. The fourth-order valence-corrected chi connectivity index (χ4v) is 5.19. The van der Waals surface area contributed by atoms with Gasteiger partial charge in [0.05, 0.1) is 19.9 Å². The predicted molar refractivity (Wildman–Crippen MR) is 141 cm³/mol. The van der Waals surface area contributed by atoms with Crippen LogP contribution in [0.4, 0.5) is 19.0 Å². The summed E-state index contributed by atoms with van der Waals surface area (Å²) in [5.41, 5.74) is 2.44. The van der Waals surface area contributed by atoms with Crippen LogP contribution in [0.15, 0.2) is 48.5 Å². The second-order valence-corrected chi connectivity index (χ2v) is 10.1. The fourth-order valence-electron chi connectivity index (χ4n) is 5.19. The average molecular weight is 544 g/mol. The molecular formula is C28H32F3N5O3. The van der Waals surface area contributed by atoms with E-state index in [1.54, 1.807) is 42.5 Å². The lowest BCUT2D eigenvalue weighted by Crippen LogP contribution is -2.47. The minimum Gasteiger partial charge on any atom is -0.493 e. The molecule has 0 spiro atoms. The highest BCUT2D eigenvalue weighted by Crippen LogP contribution is 2.41. The normalized spacial score (nSPS) is 19.8. The number of fused-ring (bicyclic) bond motifs is 1. The van der Waals surface area contributed by atoms with Crippen molar-refractivity contribution in [2.45, 2.75) is 31.1 Å². The van der Waals surface area contributed by atoms with Gasteiger partial charge in [0, 0.05) is 49.4 Å². The van der Waals surface area contributed by atoms with Crippen LogP contribution in [0.2, 0.25) is 0 Å². The van der Waals surface area contributed by atoms with Crippen molar-refractivity contribution < 1.29 is 27.4 Å². The van der Waals surface area contributed by atoms with E-state index < -0.39 is 18.3 Å². The van der Waals surface area contributed by atoms with Crippen molar-refractivity contribution in [1.82, 2.24) is 19.6 Å². The summed E-state index contributed by atoms with van der Waals surface area (Å²) >= 11 is 0. The zero-order valence-corrected chi connectivity index (χ0v) is 22.2. The van der Waals surface area contributed by atoms with E-state index >= 15 is 0 Å². The number of ether oxygens (including phenoxy) is 2. The largest absolute Gasteiger partial charge is 0.493 e. The van der Waals surface area contributed by atoms with Gasteiger partial charge in [-0.3, -0.25) is 4.79 Å². The number of likely N-dealkylation sites (N-methyl/N-ethyl adjacent to an activating group) is 1. The molecule has 2 aliphatic heterocycles. The number of carbonyl (C=O) groups is 1. The van der Waals surface area contributed by atoms with E-state index in [-0.39, 0.29) is 12.3 Å². The molecule has 2 aromatic carbocycles. The van der Waals surface area contributed by atoms with Crippen LogP contribution in [-0.2, 0) is 6.42 Å².